The van der Waals surface area contributed by atoms with Gasteiger partial charge in [-0.15, -0.1) is 0 Å². The lowest BCUT2D eigenvalue weighted by Gasteiger charge is -2.18. The van der Waals surface area contributed by atoms with Gasteiger partial charge in [0, 0.05) is 19.0 Å². The van der Waals surface area contributed by atoms with Crippen molar-refractivity contribution in [1.29, 1.82) is 0 Å². The van der Waals surface area contributed by atoms with Crippen LogP contribution in [0, 0.1) is 11.8 Å². The minimum absolute atomic E-state index is 0.0647. The molecule has 1 aromatic heterocycles. The zero-order chi connectivity index (χ0) is 13.4. The molecule has 2 heterocycles. The topological polar surface area (TPSA) is 91.5 Å². The maximum atomic E-state index is 12.3. The fourth-order valence-electron chi connectivity index (χ4n) is 3.17. The van der Waals surface area contributed by atoms with E-state index in [9.17, 15) is 9.90 Å². The molecule has 1 aromatic rings. The van der Waals surface area contributed by atoms with Crippen molar-refractivity contribution in [1.82, 2.24) is 9.88 Å². The van der Waals surface area contributed by atoms with E-state index >= 15 is 0 Å². The Labute approximate surface area is 111 Å². The van der Waals surface area contributed by atoms with Crippen LogP contribution >= 0.6 is 0 Å². The van der Waals surface area contributed by atoms with Crippen molar-refractivity contribution in [3.8, 4) is 0 Å². The average molecular weight is 262 g/mol. The first-order chi connectivity index (χ1) is 9.19. The van der Waals surface area contributed by atoms with E-state index in [1.54, 1.807) is 23.2 Å². The number of hydrazine groups is 1. The van der Waals surface area contributed by atoms with Crippen molar-refractivity contribution in [3.63, 3.8) is 0 Å². The second kappa shape index (κ2) is 4.79. The number of carbonyl (C=O) groups excluding carboxylic acids is 1. The molecule has 6 heteroatoms. The number of hydrogen-bond donors (Lipinski definition) is 3. The normalized spacial score (nSPS) is 29.4. The van der Waals surface area contributed by atoms with Crippen molar-refractivity contribution in [3.05, 3.63) is 24.0 Å². The Bertz CT molecular complexity index is 476. The number of likely N-dealkylation sites (tertiary alicyclic amines) is 1. The van der Waals surface area contributed by atoms with Gasteiger partial charge in [-0.05, 0) is 30.9 Å². The number of hydrogen-bond acceptors (Lipinski definition) is 5. The van der Waals surface area contributed by atoms with E-state index in [1.807, 2.05) is 0 Å². The van der Waals surface area contributed by atoms with Crippen molar-refractivity contribution in [2.75, 3.05) is 18.5 Å². The summed E-state index contributed by atoms with van der Waals surface area (Å²) < 4.78 is 0. The maximum absolute atomic E-state index is 12.3. The van der Waals surface area contributed by atoms with Crippen LogP contribution in [0.4, 0.5) is 5.69 Å². The predicted octanol–water partition coefficient (Wildman–Crippen LogP) is 0.210. The Balaban J connectivity index is 1.71. The number of aliphatic hydroxyl groups is 1. The third kappa shape index (κ3) is 2.17. The summed E-state index contributed by atoms with van der Waals surface area (Å²) in [5, 5.41) is 9.86. The predicted molar refractivity (Wildman–Crippen MR) is 70.2 cm³/mol. The molecular formula is C13H18N4O2. The maximum Gasteiger partial charge on any atom is 0.272 e. The van der Waals surface area contributed by atoms with E-state index in [4.69, 9.17) is 5.84 Å². The molecule has 2 aliphatic rings. The van der Waals surface area contributed by atoms with Gasteiger partial charge in [0.2, 0.25) is 0 Å². The summed E-state index contributed by atoms with van der Waals surface area (Å²) in [5.74, 6) is 5.89. The zero-order valence-corrected chi connectivity index (χ0v) is 10.6. The van der Waals surface area contributed by atoms with Crippen molar-refractivity contribution >= 4 is 11.6 Å². The largest absolute Gasteiger partial charge is 0.393 e. The van der Waals surface area contributed by atoms with Crippen molar-refractivity contribution in [2.24, 2.45) is 17.7 Å². The van der Waals surface area contributed by atoms with Gasteiger partial charge in [0.1, 0.15) is 5.69 Å². The van der Waals surface area contributed by atoms with Crippen LogP contribution in [0.3, 0.4) is 0 Å². The lowest BCUT2D eigenvalue weighted by Crippen LogP contribution is -2.31. The quantitative estimate of drug-likeness (QED) is 0.523. The Morgan fingerprint density at radius 2 is 2.26 bits per heavy atom. The van der Waals surface area contributed by atoms with E-state index in [2.05, 4.69) is 10.4 Å². The van der Waals surface area contributed by atoms with E-state index in [-0.39, 0.29) is 17.9 Å². The molecule has 0 radical (unpaired) electrons. The average Bonchev–Trinajstić information content (AvgIpc) is 3.01. The zero-order valence-electron chi connectivity index (χ0n) is 10.6. The Kier molecular flexibility index (Phi) is 3.12. The number of nitrogens with one attached hydrogen (secondary N) is 1. The molecule has 0 spiro atoms. The number of anilines is 1. The molecule has 1 saturated heterocycles. The molecule has 19 heavy (non-hydrogen) atoms. The molecule has 1 aliphatic heterocycles. The molecule has 2 fully saturated rings. The first kappa shape index (κ1) is 12.4. The minimum Gasteiger partial charge on any atom is -0.393 e. The van der Waals surface area contributed by atoms with Gasteiger partial charge in [0.05, 0.1) is 18.0 Å². The summed E-state index contributed by atoms with van der Waals surface area (Å²) >= 11 is 0. The van der Waals surface area contributed by atoms with Gasteiger partial charge in [-0.2, -0.15) is 0 Å². The fourth-order valence-corrected chi connectivity index (χ4v) is 3.17. The first-order valence-corrected chi connectivity index (χ1v) is 6.59. The number of aliphatic hydroxyl groups excluding tert-OH is 1. The highest BCUT2D eigenvalue weighted by Crippen LogP contribution is 2.38. The second-order valence-electron chi connectivity index (χ2n) is 5.36. The van der Waals surface area contributed by atoms with Gasteiger partial charge >= 0.3 is 0 Å². The molecule has 3 atom stereocenters. The molecule has 1 saturated carbocycles. The molecular weight excluding hydrogens is 244 g/mol. The number of amides is 1. The third-order valence-corrected chi connectivity index (χ3v) is 4.26. The van der Waals surface area contributed by atoms with Gasteiger partial charge in [0.25, 0.3) is 5.91 Å². The SMILES string of the molecule is NNc1ccc(C(=O)N2CC3CCC(O)C3C2)nc1. The number of carbonyl (C=O) groups is 1. The highest BCUT2D eigenvalue weighted by molar-refractivity contribution is 5.92. The fraction of sp³-hybridized carbons (Fsp3) is 0.538. The number of aromatic nitrogens is 1. The first-order valence-electron chi connectivity index (χ1n) is 6.59. The van der Waals surface area contributed by atoms with Crippen LogP contribution in [-0.2, 0) is 0 Å². The molecule has 1 aliphatic carbocycles. The van der Waals surface area contributed by atoms with Crippen LogP contribution in [0.25, 0.3) is 0 Å². The number of pyridine rings is 1. The summed E-state index contributed by atoms with van der Waals surface area (Å²) in [6.07, 6.45) is 3.17. The van der Waals surface area contributed by atoms with Crippen molar-refractivity contribution < 1.29 is 9.90 Å². The molecule has 102 valence electrons. The van der Waals surface area contributed by atoms with Gasteiger partial charge in [-0.1, -0.05) is 0 Å². The van der Waals surface area contributed by atoms with Gasteiger partial charge < -0.3 is 15.4 Å². The highest BCUT2D eigenvalue weighted by Gasteiger charge is 2.43. The Morgan fingerprint density at radius 1 is 1.42 bits per heavy atom. The smallest absolute Gasteiger partial charge is 0.272 e. The molecule has 6 nitrogen and oxygen atoms in total. The third-order valence-electron chi connectivity index (χ3n) is 4.26. The standard InChI is InChI=1S/C13H18N4O2/c14-16-9-2-3-11(15-5-9)13(19)17-6-8-1-4-12(18)10(8)7-17/h2-3,5,8,10,12,16,18H,1,4,6-7,14H2. The van der Waals surface area contributed by atoms with Crippen LogP contribution in [0.5, 0.6) is 0 Å². The lowest BCUT2D eigenvalue weighted by atomic mass is 10.00. The van der Waals surface area contributed by atoms with Crippen molar-refractivity contribution in [2.45, 2.75) is 18.9 Å². The van der Waals surface area contributed by atoms with Gasteiger partial charge in [-0.3, -0.25) is 10.6 Å². The van der Waals surface area contributed by atoms with E-state index < -0.39 is 0 Å². The molecule has 0 bridgehead atoms. The van der Waals surface area contributed by atoms with Crippen LogP contribution < -0.4 is 11.3 Å². The van der Waals surface area contributed by atoms with E-state index in [0.717, 1.165) is 19.4 Å². The molecule has 4 N–H and O–H groups in total. The summed E-state index contributed by atoms with van der Waals surface area (Å²) in [7, 11) is 0. The monoisotopic (exact) mass is 262 g/mol. The molecule has 1 amide bonds. The molecule has 0 aromatic carbocycles. The van der Waals surface area contributed by atoms with E-state index in [0.29, 0.717) is 23.8 Å². The van der Waals surface area contributed by atoms with Gasteiger partial charge in [0.15, 0.2) is 0 Å². The minimum atomic E-state index is -0.250. The van der Waals surface area contributed by atoms with E-state index in [1.165, 1.54) is 0 Å². The number of nitrogen functional groups attached to an aromatic ring is 1. The number of rotatable bonds is 2. The van der Waals surface area contributed by atoms with Crippen LogP contribution in [-0.4, -0.2) is 40.1 Å². The molecule has 3 rings (SSSR count). The summed E-state index contributed by atoms with van der Waals surface area (Å²) in [6.45, 7) is 1.38. The molecule has 3 unspecified atom stereocenters. The highest BCUT2D eigenvalue weighted by atomic mass is 16.3. The van der Waals surface area contributed by atoms with Crippen LogP contribution in [0.1, 0.15) is 23.3 Å². The summed E-state index contributed by atoms with van der Waals surface area (Å²) in [4.78, 5) is 18.2. The number of nitrogens with two attached hydrogens (primary N) is 1. The van der Waals surface area contributed by atoms with Crippen LogP contribution in [0.2, 0.25) is 0 Å². The second-order valence-corrected chi connectivity index (χ2v) is 5.36. The number of fused-ring (bicyclic) bond motifs is 1. The van der Waals surface area contributed by atoms with Crippen LogP contribution in [0.15, 0.2) is 18.3 Å². The number of nitrogens with zero attached hydrogens (tertiary/aromatic N) is 2. The summed E-state index contributed by atoms with van der Waals surface area (Å²) in [6, 6.07) is 3.40. The summed E-state index contributed by atoms with van der Waals surface area (Å²) in [5.41, 5.74) is 3.58. The van der Waals surface area contributed by atoms with Gasteiger partial charge in [-0.25, -0.2) is 4.98 Å². The lowest BCUT2D eigenvalue weighted by molar-refractivity contribution is 0.0747. The Hall–Kier alpha value is -1.66. The Morgan fingerprint density at radius 3 is 2.89 bits per heavy atom.